The number of hydrogen-bond donors (Lipinski definition) is 1. The number of amides is 1. The maximum Gasteiger partial charge on any atom is 0.254 e. The van der Waals surface area contributed by atoms with Crippen molar-refractivity contribution in [3.05, 3.63) is 66.0 Å². The molecule has 1 amide bonds. The van der Waals surface area contributed by atoms with Crippen LogP contribution in [0.2, 0.25) is 0 Å². The van der Waals surface area contributed by atoms with Crippen LogP contribution in [-0.2, 0) is 0 Å². The van der Waals surface area contributed by atoms with Crippen molar-refractivity contribution >= 4 is 5.91 Å². The van der Waals surface area contributed by atoms with E-state index < -0.39 is 0 Å². The zero-order valence-electron chi connectivity index (χ0n) is 14.9. The van der Waals surface area contributed by atoms with E-state index in [1.54, 1.807) is 23.9 Å². The summed E-state index contributed by atoms with van der Waals surface area (Å²) in [7, 11) is 1.65. The third-order valence-electron chi connectivity index (χ3n) is 4.73. The number of nitrogens with one attached hydrogen (secondary N) is 1. The van der Waals surface area contributed by atoms with Crippen LogP contribution in [0.5, 0.6) is 5.75 Å². The van der Waals surface area contributed by atoms with Crippen molar-refractivity contribution in [3.8, 4) is 11.4 Å². The highest BCUT2D eigenvalue weighted by atomic mass is 16.5. The van der Waals surface area contributed by atoms with Crippen molar-refractivity contribution in [2.24, 2.45) is 0 Å². The molecule has 1 atom stereocenters. The van der Waals surface area contributed by atoms with Gasteiger partial charge in [-0.05, 0) is 40.8 Å². The molecule has 0 radical (unpaired) electrons. The number of hydrogen-bond acceptors (Lipinski definition) is 6. The number of piperazine rings is 1. The lowest BCUT2D eigenvalue weighted by Gasteiger charge is -2.37. The number of benzene rings is 2. The van der Waals surface area contributed by atoms with E-state index in [0.29, 0.717) is 18.7 Å². The molecule has 0 spiro atoms. The number of para-hydroxylation sites is 1. The minimum Gasteiger partial charge on any atom is -0.496 e. The van der Waals surface area contributed by atoms with E-state index >= 15 is 0 Å². The number of ether oxygens (including phenoxy) is 1. The molecule has 1 saturated heterocycles. The summed E-state index contributed by atoms with van der Waals surface area (Å²) in [5.41, 5.74) is 2.44. The highest BCUT2D eigenvalue weighted by molar-refractivity contribution is 5.94. The summed E-state index contributed by atoms with van der Waals surface area (Å²) in [6.45, 7) is 2.09. The number of aromatic nitrogens is 4. The first kappa shape index (κ1) is 17.2. The Bertz CT molecular complexity index is 910. The summed E-state index contributed by atoms with van der Waals surface area (Å²) in [5, 5.41) is 14.5. The molecule has 0 bridgehead atoms. The molecule has 1 aromatic heterocycles. The predicted octanol–water partition coefficient (Wildman–Crippen LogP) is 1.46. The summed E-state index contributed by atoms with van der Waals surface area (Å²) in [6.07, 6.45) is 1.52. The Hall–Kier alpha value is -3.26. The molecule has 0 saturated carbocycles. The highest BCUT2D eigenvalue weighted by Crippen LogP contribution is 2.31. The quantitative estimate of drug-likeness (QED) is 0.754. The second-order valence-electron chi connectivity index (χ2n) is 6.26. The van der Waals surface area contributed by atoms with Crippen molar-refractivity contribution < 1.29 is 9.53 Å². The van der Waals surface area contributed by atoms with Crippen molar-refractivity contribution in [2.75, 3.05) is 26.7 Å². The van der Waals surface area contributed by atoms with Crippen molar-refractivity contribution in [3.63, 3.8) is 0 Å². The lowest BCUT2D eigenvalue weighted by atomic mass is 10.0. The molecule has 27 heavy (non-hydrogen) atoms. The lowest BCUT2D eigenvalue weighted by Crippen LogP contribution is -2.48. The Morgan fingerprint density at radius 3 is 2.74 bits per heavy atom. The van der Waals surface area contributed by atoms with Crippen LogP contribution in [0, 0.1) is 0 Å². The molecule has 1 aliphatic heterocycles. The maximum atomic E-state index is 13.2. The molecule has 138 valence electrons. The Kier molecular flexibility index (Phi) is 4.80. The smallest absolute Gasteiger partial charge is 0.254 e. The average molecular weight is 364 g/mol. The van der Waals surface area contributed by atoms with Gasteiger partial charge in [0.25, 0.3) is 5.91 Å². The first-order chi connectivity index (χ1) is 13.3. The van der Waals surface area contributed by atoms with Crippen LogP contribution in [-0.4, -0.2) is 57.8 Å². The van der Waals surface area contributed by atoms with E-state index in [4.69, 9.17) is 4.74 Å². The standard InChI is InChI=1S/C19H20N6O2/c1-27-18-5-3-2-4-16(18)17-12-20-10-11-24(17)19(26)14-6-8-15(9-7-14)25-13-21-22-23-25/h2-9,13,17,20H,10-12H2,1H3. The third kappa shape index (κ3) is 3.39. The Balaban J connectivity index is 1.61. The zero-order valence-corrected chi connectivity index (χ0v) is 14.9. The third-order valence-corrected chi connectivity index (χ3v) is 4.73. The number of carbonyl (C=O) groups excluding carboxylic acids is 1. The minimum atomic E-state index is -0.0819. The fourth-order valence-electron chi connectivity index (χ4n) is 3.37. The molecule has 1 aliphatic rings. The molecule has 8 nitrogen and oxygen atoms in total. The number of carbonyl (C=O) groups is 1. The van der Waals surface area contributed by atoms with Gasteiger partial charge in [-0.3, -0.25) is 4.79 Å². The molecule has 1 unspecified atom stereocenters. The van der Waals surface area contributed by atoms with Crippen LogP contribution in [0.4, 0.5) is 0 Å². The fourth-order valence-corrected chi connectivity index (χ4v) is 3.37. The van der Waals surface area contributed by atoms with E-state index in [9.17, 15) is 4.79 Å². The second-order valence-corrected chi connectivity index (χ2v) is 6.26. The molecule has 1 fully saturated rings. The predicted molar refractivity (Wildman–Crippen MR) is 98.8 cm³/mol. The van der Waals surface area contributed by atoms with E-state index in [1.807, 2.05) is 41.3 Å². The van der Waals surface area contributed by atoms with Crippen molar-refractivity contribution in [1.82, 2.24) is 30.4 Å². The Labute approximate surface area is 156 Å². The molecular formula is C19H20N6O2. The lowest BCUT2D eigenvalue weighted by molar-refractivity contribution is 0.0631. The molecule has 8 heteroatoms. The monoisotopic (exact) mass is 364 g/mol. The Morgan fingerprint density at radius 1 is 1.19 bits per heavy atom. The van der Waals surface area contributed by atoms with Gasteiger partial charge in [0.05, 0.1) is 18.8 Å². The minimum absolute atomic E-state index is 0.00401. The highest BCUT2D eigenvalue weighted by Gasteiger charge is 2.30. The summed E-state index contributed by atoms with van der Waals surface area (Å²) >= 11 is 0. The molecule has 2 aromatic carbocycles. The topological polar surface area (TPSA) is 85.2 Å². The van der Waals surface area contributed by atoms with Gasteiger partial charge in [-0.1, -0.05) is 18.2 Å². The van der Waals surface area contributed by atoms with E-state index in [2.05, 4.69) is 20.8 Å². The molecule has 0 aliphatic carbocycles. The van der Waals surface area contributed by atoms with Gasteiger partial charge in [0.15, 0.2) is 0 Å². The average Bonchev–Trinajstić information content (AvgIpc) is 3.28. The van der Waals surface area contributed by atoms with Gasteiger partial charge in [-0.25, -0.2) is 4.68 Å². The van der Waals surface area contributed by atoms with Crippen LogP contribution in [0.1, 0.15) is 22.0 Å². The van der Waals surface area contributed by atoms with Crippen molar-refractivity contribution in [1.29, 1.82) is 0 Å². The summed E-state index contributed by atoms with van der Waals surface area (Å²) in [4.78, 5) is 15.1. The van der Waals surface area contributed by atoms with Gasteiger partial charge >= 0.3 is 0 Å². The summed E-state index contributed by atoms with van der Waals surface area (Å²) in [5.74, 6) is 0.786. The van der Waals surface area contributed by atoms with Gasteiger partial charge < -0.3 is 15.0 Å². The van der Waals surface area contributed by atoms with E-state index in [0.717, 1.165) is 23.5 Å². The van der Waals surface area contributed by atoms with Gasteiger partial charge in [0.1, 0.15) is 12.1 Å². The normalized spacial score (nSPS) is 16.9. The van der Waals surface area contributed by atoms with Crippen molar-refractivity contribution in [2.45, 2.75) is 6.04 Å². The first-order valence-corrected chi connectivity index (χ1v) is 8.76. The van der Waals surface area contributed by atoms with Gasteiger partial charge in [-0.15, -0.1) is 5.10 Å². The zero-order chi connectivity index (χ0) is 18.6. The van der Waals surface area contributed by atoms with Gasteiger partial charge in [-0.2, -0.15) is 0 Å². The largest absolute Gasteiger partial charge is 0.496 e. The number of methoxy groups -OCH3 is 1. The van der Waals surface area contributed by atoms with Crippen LogP contribution in [0.3, 0.4) is 0 Å². The molecule has 3 aromatic rings. The molecule has 4 rings (SSSR count). The maximum absolute atomic E-state index is 13.2. The second kappa shape index (κ2) is 7.55. The molecular weight excluding hydrogens is 344 g/mol. The number of nitrogens with zero attached hydrogens (tertiary/aromatic N) is 5. The number of tetrazole rings is 1. The number of rotatable bonds is 4. The molecule has 2 heterocycles. The fraction of sp³-hybridized carbons (Fsp3) is 0.263. The van der Waals surface area contributed by atoms with E-state index in [-0.39, 0.29) is 11.9 Å². The molecule has 1 N–H and O–H groups in total. The van der Waals surface area contributed by atoms with Crippen LogP contribution < -0.4 is 10.1 Å². The van der Waals surface area contributed by atoms with E-state index in [1.165, 1.54) is 6.33 Å². The van der Waals surface area contributed by atoms with Crippen LogP contribution in [0.25, 0.3) is 5.69 Å². The van der Waals surface area contributed by atoms with Gasteiger partial charge in [0, 0.05) is 30.8 Å². The SMILES string of the molecule is COc1ccccc1C1CNCCN1C(=O)c1ccc(-n2cnnn2)cc1. The first-order valence-electron chi connectivity index (χ1n) is 8.76. The van der Waals surface area contributed by atoms with Crippen LogP contribution >= 0.6 is 0 Å². The Morgan fingerprint density at radius 2 is 2.00 bits per heavy atom. The van der Waals surface area contributed by atoms with Crippen LogP contribution in [0.15, 0.2) is 54.9 Å². The van der Waals surface area contributed by atoms with Gasteiger partial charge in [0.2, 0.25) is 0 Å². The summed E-state index contributed by atoms with van der Waals surface area (Å²) < 4.78 is 7.05. The summed E-state index contributed by atoms with van der Waals surface area (Å²) in [6, 6.07) is 15.0.